The highest BCUT2D eigenvalue weighted by atomic mass is 31.2. The Morgan fingerprint density at radius 3 is 0.838 bits per heavy atom. The normalized spacial score (nSPS) is 15.2. The lowest BCUT2D eigenvalue weighted by Gasteiger charge is -2.20. The molecule has 0 atom stereocenters. The van der Waals surface area contributed by atoms with Gasteiger partial charge in [0.1, 0.15) is 17.2 Å². The summed E-state index contributed by atoms with van der Waals surface area (Å²) < 4.78 is 65.4. The third-order valence-electron chi connectivity index (χ3n) is 11.1. The largest absolute Gasteiger partial charge is 0.647 e. The van der Waals surface area contributed by atoms with E-state index in [4.69, 9.17) is 42.0 Å². The number of ether oxygens (including phenoxy) is 6. The zero-order chi connectivity index (χ0) is 47.7. The van der Waals surface area contributed by atoms with Crippen molar-refractivity contribution in [1.82, 2.24) is 0 Å². The summed E-state index contributed by atoms with van der Waals surface area (Å²) in [5.41, 5.74) is 6.79. The van der Waals surface area contributed by atoms with Crippen LogP contribution in [0.1, 0.15) is 33.4 Å². The Kier molecular flexibility index (Phi) is 12.0. The zero-order valence-electron chi connectivity index (χ0n) is 37.4. The molecule has 16 nitrogen and oxygen atoms in total. The molecule has 0 saturated carbocycles. The second kappa shape index (κ2) is 18.3. The van der Waals surface area contributed by atoms with E-state index in [0.29, 0.717) is 102 Å². The van der Waals surface area contributed by atoms with Crippen molar-refractivity contribution in [2.45, 2.75) is 0 Å². The van der Waals surface area contributed by atoms with Gasteiger partial charge in [-0.2, -0.15) is 4.57 Å². The van der Waals surface area contributed by atoms with E-state index in [1.807, 2.05) is 0 Å². The number of hydrogen-bond donors (Lipinski definition) is 3. The van der Waals surface area contributed by atoms with Gasteiger partial charge in [-0.25, -0.2) is 0 Å². The maximum atomic E-state index is 14.8. The van der Waals surface area contributed by atoms with Crippen molar-refractivity contribution in [1.29, 1.82) is 0 Å². The van der Waals surface area contributed by atoms with Crippen LogP contribution in [-0.4, -0.2) is 60.4 Å². The van der Waals surface area contributed by atoms with Gasteiger partial charge in [0.2, 0.25) is 0 Å². The van der Waals surface area contributed by atoms with E-state index in [-0.39, 0.29) is 35.0 Å². The Morgan fingerprint density at radius 2 is 0.603 bits per heavy atom. The standard InChI is InChI=1S/C51H42N3O13P/c1-59-43-22-34-37(49(55)52-40(34)25-46(43)62-4)19-28-7-13-31(14-8-28)65-68(58,66-32-15-9-29(10-16-32)20-38-35-23-44(60-2)47(63-5)26-41(35)53-50(38)56)67-33-17-11-30(12-18-33)21-39-36-24-45(61-3)48(64-6)27-42(36)54-51(39)57/h7-27H,1-6H3,(H,52,55)(H,53,56)(H,54,57)/b37-19+,38-20+,39-21+. The minimum absolute atomic E-state index is 0.136. The summed E-state index contributed by atoms with van der Waals surface area (Å²) in [6.07, 6.45) is 5.12. The van der Waals surface area contributed by atoms with Crippen molar-refractivity contribution < 1.29 is 60.9 Å². The van der Waals surface area contributed by atoms with Gasteiger partial charge in [-0.1, -0.05) is 36.4 Å². The minimum Gasteiger partial charge on any atom is -0.493 e. The highest BCUT2D eigenvalue weighted by Gasteiger charge is 2.34. The van der Waals surface area contributed by atoms with E-state index in [9.17, 15) is 18.9 Å². The Hall–Kier alpha value is -8.62. The third kappa shape index (κ3) is 8.75. The first-order valence-electron chi connectivity index (χ1n) is 20.8. The molecule has 3 aliphatic heterocycles. The van der Waals surface area contributed by atoms with Crippen LogP contribution in [0.15, 0.2) is 109 Å². The quantitative estimate of drug-likeness (QED) is 0.0653. The highest BCUT2D eigenvalue weighted by Crippen LogP contribution is 2.51. The molecule has 6 aromatic rings. The molecule has 0 spiro atoms. The summed E-state index contributed by atoms with van der Waals surface area (Å²) in [7, 11) is 4.56. The molecule has 3 amide bonds. The van der Waals surface area contributed by atoms with E-state index in [2.05, 4.69) is 16.0 Å². The van der Waals surface area contributed by atoms with Crippen LogP contribution in [0, 0.1) is 0 Å². The van der Waals surface area contributed by atoms with Crippen LogP contribution < -0.4 is 57.9 Å². The molecule has 0 fully saturated rings. The maximum absolute atomic E-state index is 14.8. The predicted molar refractivity (Wildman–Crippen MR) is 257 cm³/mol. The van der Waals surface area contributed by atoms with Gasteiger partial charge in [-0.15, -0.1) is 0 Å². The first-order chi connectivity index (χ1) is 32.9. The van der Waals surface area contributed by atoms with E-state index in [1.54, 1.807) is 127 Å². The molecule has 0 saturated heterocycles. The molecule has 17 heteroatoms. The topological polar surface area (TPSA) is 187 Å². The Balaban J connectivity index is 0.991. The zero-order valence-corrected chi connectivity index (χ0v) is 38.3. The Labute approximate surface area is 390 Å². The minimum atomic E-state index is -4.55. The van der Waals surface area contributed by atoms with Gasteiger partial charge >= 0.3 is 7.82 Å². The van der Waals surface area contributed by atoms with Crippen LogP contribution in [0.25, 0.3) is 34.9 Å². The monoisotopic (exact) mass is 935 g/mol. The Morgan fingerprint density at radius 1 is 0.368 bits per heavy atom. The van der Waals surface area contributed by atoms with Crippen LogP contribution in [0.2, 0.25) is 0 Å². The van der Waals surface area contributed by atoms with Crippen molar-refractivity contribution in [2.24, 2.45) is 0 Å². The van der Waals surface area contributed by atoms with Gasteiger partial charge in [0.05, 0.1) is 59.7 Å². The number of rotatable bonds is 15. The van der Waals surface area contributed by atoms with E-state index in [0.717, 1.165) is 0 Å². The van der Waals surface area contributed by atoms with Crippen molar-refractivity contribution in [2.75, 3.05) is 58.6 Å². The first-order valence-corrected chi connectivity index (χ1v) is 22.3. The number of phosphoric ester groups is 1. The fraction of sp³-hybridized carbons (Fsp3) is 0.118. The molecular weight excluding hydrogens is 894 g/mol. The smallest absolute Gasteiger partial charge is 0.493 e. The lowest BCUT2D eigenvalue weighted by Crippen LogP contribution is -2.07. The molecular formula is C51H42N3O13P. The Bertz CT molecular complexity index is 2830. The van der Waals surface area contributed by atoms with Gasteiger partial charge in [-0.3, -0.25) is 14.4 Å². The van der Waals surface area contributed by atoms with E-state index in [1.165, 1.54) is 42.7 Å². The van der Waals surface area contributed by atoms with Gasteiger partial charge in [0.15, 0.2) is 34.5 Å². The fourth-order valence-corrected chi connectivity index (χ4v) is 9.05. The van der Waals surface area contributed by atoms with Gasteiger partial charge < -0.3 is 57.9 Å². The predicted octanol–water partition coefficient (Wildman–Crippen LogP) is 9.86. The van der Waals surface area contributed by atoms with Crippen LogP contribution in [0.5, 0.6) is 51.7 Å². The van der Waals surface area contributed by atoms with Crippen LogP contribution in [0.4, 0.5) is 17.1 Å². The fourth-order valence-electron chi connectivity index (χ4n) is 7.80. The van der Waals surface area contributed by atoms with Crippen molar-refractivity contribution in [3.05, 3.63) is 143 Å². The molecule has 6 aromatic carbocycles. The number of amides is 3. The molecule has 0 radical (unpaired) electrons. The maximum Gasteiger partial charge on any atom is 0.647 e. The lowest BCUT2D eigenvalue weighted by atomic mass is 10.0. The number of benzene rings is 6. The number of nitrogens with one attached hydrogen (secondary N) is 3. The van der Waals surface area contributed by atoms with Crippen molar-refractivity contribution in [3.63, 3.8) is 0 Å². The average molecular weight is 936 g/mol. The summed E-state index contributed by atoms with van der Waals surface area (Å²) in [5, 5.41) is 8.57. The number of methoxy groups -OCH3 is 6. The molecule has 0 unspecified atom stereocenters. The number of carbonyl (C=O) groups is 3. The van der Waals surface area contributed by atoms with Crippen LogP contribution in [0.3, 0.4) is 0 Å². The number of phosphoric acid groups is 1. The third-order valence-corrected chi connectivity index (χ3v) is 12.4. The molecule has 3 N–H and O–H groups in total. The van der Waals surface area contributed by atoms with Gasteiger partial charge in [-0.05, 0) is 89.5 Å². The van der Waals surface area contributed by atoms with Crippen LogP contribution in [-0.2, 0) is 18.9 Å². The van der Waals surface area contributed by atoms with Crippen molar-refractivity contribution in [3.8, 4) is 51.7 Å². The number of carbonyl (C=O) groups excluding carboxylic acids is 3. The van der Waals surface area contributed by atoms with Gasteiger partial charge in [0.25, 0.3) is 17.7 Å². The first kappa shape index (κ1) is 44.6. The number of fused-ring (bicyclic) bond motifs is 3. The molecule has 3 heterocycles. The van der Waals surface area contributed by atoms with Gasteiger partial charge in [0, 0.05) is 51.6 Å². The molecule has 68 heavy (non-hydrogen) atoms. The summed E-state index contributed by atoms with van der Waals surface area (Å²) in [5.74, 6) is 2.33. The van der Waals surface area contributed by atoms with E-state index >= 15 is 0 Å². The van der Waals surface area contributed by atoms with Crippen LogP contribution >= 0.6 is 7.82 Å². The highest BCUT2D eigenvalue weighted by molar-refractivity contribution is 7.49. The molecule has 0 bridgehead atoms. The molecule has 344 valence electrons. The molecule has 9 rings (SSSR count). The summed E-state index contributed by atoms with van der Waals surface area (Å²) in [4.78, 5) is 39.2. The summed E-state index contributed by atoms with van der Waals surface area (Å²) >= 11 is 0. The molecule has 0 aliphatic carbocycles. The van der Waals surface area contributed by atoms with E-state index < -0.39 is 7.82 Å². The SMILES string of the molecule is COc1cc2c(cc1OC)/C(=C\c1ccc(OP(=O)(Oc3ccc(/C=C4/C(=O)Nc5cc(OC)c(OC)cc54)cc3)Oc3ccc(/C=C4/C(=O)Nc5cc(OC)c(OC)cc54)cc3)cc1)C(=O)N2. The summed E-state index contributed by atoms with van der Waals surface area (Å²) in [6, 6.07) is 29.8. The molecule has 0 aromatic heterocycles. The number of anilines is 3. The second-order valence-electron chi connectivity index (χ2n) is 15.2. The lowest BCUT2D eigenvalue weighted by molar-refractivity contribution is -0.111. The summed E-state index contributed by atoms with van der Waals surface area (Å²) in [6.45, 7) is 0. The number of hydrogen-bond acceptors (Lipinski definition) is 13. The second-order valence-corrected chi connectivity index (χ2v) is 16.7. The average Bonchev–Trinajstić information content (AvgIpc) is 3.94. The molecule has 3 aliphatic rings. The van der Waals surface area contributed by atoms with Crippen molar-refractivity contribution >= 4 is 77.6 Å².